The van der Waals surface area contributed by atoms with Gasteiger partial charge in [-0.15, -0.1) is 0 Å². The Morgan fingerprint density at radius 2 is 1.81 bits per heavy atom. The molecule has 1 saturated heterocycles. The summed E-state index contributed by atoms with van der Waals surface area (Å²) < 4.78 is 46.1. The zero-order valence-electron chi connectivity index (χ0n) is 25.2. The molecule has 1 heterocycles. The van der Waals surface area contributed by atoms with Crippen molar-refractivity contribution in [3.63, 3.8) is 0 Å². The summed E-state index contributed by atoms with van der Waals surface area (Å²) in [7, 11) is 5.37. The van der Waals surface area contributed by atoms with Gasteiger partial charge in [-0.2, -0.15) is 0 Å². The highest BCUT2D eigenvalue weighted by molar-refractivity contribution is 6.30. The highest BCUT2D eigenvalue weighted by Crippen LogP contribution is 2.44. The highest BCUT2D eigenvalue weighted by atomic mass is 35.5. The van der Waals surface area contributed by atoms with Gasteiger partial charge in [-0.1, -0.05) is 23.7 Å². The van der Waals surface area contributed by atoms with E-state index in [4.69, 9.17) is 25.8 Å². The number of benzene rings is 2. The largest absolute Gasteiger partial charge is 0.488 e. The Hall–Kier alpha value is -2.91. The molecule has 0 N–H and O–H groups in total. The summed E-state index contributed by atoms with van der Waals surface area (Å²) in [5.41, 5.74) is 0.481. The first kappa shape index (κ1) is 32.0. The molecule has 10 heteroatoms. The second kappa shape index (κ2) is 12.8. The molecule has 0 spiro atoms. The fourth-order valence-corrected chi connectivity index (χ4v) is 6.42. The molecule has 7 nitrogen and oxygen atoms in total. The first-order valence-electron chi connectivity index (χ1n) is 14.4. The number of halogens is 3. The van der Waals surface area contributed by atoms with Crippen molar-refractivity contribution < 1.29 is 32.6 Å². The van der Waals surface area contributed by atoms with Crippen molar-refractivity contribution in [2.45, 2.75) is 82.6 Å². The van der Waals surface area contributed by atoms with E-state index in [1.165, 1.54) is 18.1 Å². The van der Waals surface area contributed by atoms with Gasteiger partial charge in [0.15, 0.2) is 11.6 Å². The number of amides is 1. The predicted molar refractivity (Wildman–Crippen MR) is 157 cm³/mol. The van der Waals surface area contributed by atoms with Crippen LogP contribution in [0.3, 0.4) is 0 Å². The van der Waals surface area contributed by atoms with E-state index in [1.807, 2.05) is 18.2 Å². The van der Waals surface area contributed by atoms with Crippen LogP contribution in [-0.2, 0) is 26.2 Å². The minimum absolute atomic E-state index is 0.0434. The topological polar surface area (TPSA) is 68.3 Å². The van der Waals surface area contributed by atoms with E-state index in [-0.39, 0.29) is 35.7 Å². The van der Waals surface area contributed by atoms with E-state index in [1.54, 1.807) is 20.8 Å². The van der Waals surface area contributed by atoms with Crippen LogP contribution in [0.25, 0.3) is 0 Å². The van der Waals surface area contributed by atoms with Gasteiger partial charge in [-0.25, -0.2) is 18.4 Å². The van der Waals surface area contributed by atoms with Crippen LogP contribution in [0.4, 0.5) is 13.6 Å². The van der Waals surface area contributed by atoms with Crippen LogP contribution in [0.1, 0.15) is 64.0 Å². The first-order chi connectivity index (χ1) is 19.7. The summed E-state index contributed by atoms with van der Waals surface area (Å²) >= 11 is 6.30. The van der Waals surface area contributed by atoms with Crippen molar-refractivity contribution in [1.82, 2.24) is 9.80 Å². The lowest BCUT2D eigenvalue weighted by Gasteiger charge is -2.45. The Kier molecular flexibility index (Phi) is 9.72. The van der Waals surface area contributed by atoms with Crippen molar-refractivity contribution in [3.05, 3.63) is 64.2 Å². The molecular weight excluding hydrogens is 566 g/mol. The van der Waals surface area contributed by atoms with Crippen LogP contribution >= 0.6 is 11.6 Å². The maximum atomic E-state index is 15.0. The predicted octanol–water partition coefficient (Wildman–Crippen LogP) is 6.74. The quantitative estimate of drug-likeness (QED) is 0.325. The molecule has 2 aromatic rings. The number of ether oxygens (including phenoxy) is 3. The normalized spacial score (nSPS) is 24.5. The van der Waals surface area contributed by atoms with Gasteiger partial charge in [0.05, 0.1) is 13.7 Å². The molecule has 2 fully saturated rings. The van der Waals surface area contributed by atoms with Crippen molar-refractivity contribution in [2.75, 3.05) is 27.7 Å². The minimum Gasteiger partial charge on any atom is -0.488 e. The number of nitrogens with zero attached hydrogens (tertiary/aromatic N) is 2. The van der Waals surface area contributed by atoms with Gasteiger partial charge < -0.3 is 14.2 Å². The summed E-state index contributed by atoms with van der Waals surface area (Å²) in [5, 5.41) is 0.694. The lowest BCUT2D eigenvalue weighted by Crippen LogP contribution is -2.44. The Bertz CT molecular complexity index is 1290. The van der Waals surface area contributed by atoms with Crippen LogP contribution in [0, 0.1) is 17.6 Å². The zero-order valence-corrected chi connectivity index (χ0v) is 26.0. The lowest BCUT2D eigenvalue weighted by molar-refractivity contribution is -0.145. The van der Waals surface area contributed by atoms with Crippen molar-refractivity contribution in [1.29, 1.82) is 0 Å². The van der Waals surface area contributed by atoms with Gasteiger partial charge >= 0.3 is 12.1 Å². The fraction of sp³-hybridized carbons (Fsp3) is 0.562. The van der Waals surface area contributed by atoms with Gasteiger partial charge in [0.2, 0.25) is 0 Å². The average Bonchev–Trinajstić information content (AvgIpc) is 3.34. The molecule has 0 radical (unpaired) electrons. The Labute approximate surface area is 252 Å². The molecule has 1 aliphatic carbocycles. The fourth-order valence-electron chi connectivity index (χ4n) is 6.23. The van der Waals surface area contributed by atoms with Crippen LogP contribution in [-0.4, -0.2) is 67.4 Å². The van der Waals surface area contributed by atoms with E-state index in [0.717, 1.165) is 37.3 Å². The molecule has 0 bridgehead atoms. The van der Waals surface area contributed by atoms with Crippen LogP contribution in [0.5, 0.6) is 5.75 Å². The van der Waals surface area contributed by atoms with E-state index in [2.05, 4.69) is 25.1 Å². The van der Waals surface area contributed by atoms with Crippen LogP contribution < -0.4 is 4.74 Å². The van der Waals surface area contributed by atoms with Crippen molar-refractivity contribution in [2.24, 2.45) is 5.92 Å². The number of carbonyl (C=O) groups excluding carboxylic acids is 2. The number of hydrogen-bond donors (Lipinski definition) is 0. The van der Waals surface area contributed by atoms with E-state index in [9.17, 15) is 18.4 Å². The van der Waals surface area contributed by atoms with Gasteiger partial charge in [-0.3, -0.25) is 9.80 Å². The molecule has 0 aromatic heterocycles. The average molecular weight is 607 g/mol. The SMILES string of the molecule is COC(=O)[C@@H]1C[C@H](Oc2cc(F)c(F)c(CC3CCC(c4cccc(Cl)c4)(N(C)C)CC3)c2)CN1C(=O)OC(C)(C)C. The smallest absolute Gasteiger partial charge is 0.411 e. The number of esters is 1. The van der Waals surface area contributed by atoms with Gasteiger partial charge in [-0.05, 0) is 102 Å². The molecule has 230 valence electrons. The van der Waals surface area contributed by atoms with Crippen LogP contribution in [0.2, 0.25) is 5.02 Å². The third kappa shape index (κ3) is 7.17. The highest BCUT2D eigenvalue weighted by Gasteiger charge is 2.44. The second-order valence-corrected chi connectivity index (χ2v) is 13.0. The molecular formula is C32H41ClF2N2O5. The minimum atomic E-state index is -0.994. The molecule has 42 heavy (non-hydrogen) atoms. The molecule has 1 aliphatic heterocycles. The molecule has 4 rings (SSSR count). The second-order valence-electron chi connectivity index (χ2n) is 12.6. The third-order valence-electron chi connectivity index (χ3n) is 8.40. The standard InChI is InChI=1S/C32H41ClF2N2O5/c1-31(2,3)42-30(39)37-19-25(18-27(37)29(38)40-6)41-24-15-21(28(35)26(34)17-24)14-20-10-12-32(13-11-20,36(4)5)22-8-7-9-23(33)16-22/h7-9,15-17,20,25,27H,10-14,18-19H2,1-6H3/t20?,25-,27-,32?/m0/s1. The van der Waals surface area contributed by atoms with Gasteiger partial charge in [0.25, 0.3) is 0 Å². The molecule has 1 saturated carbocycles. The first-order valence-corrected chi connectivity index (χ1v) is 14.8. The monoisotopic (exact) mass is 606 g/mol. The summed E-state index contributed by atoms with van der Waals surface area (Å²) in [6.07, 6.45) is 2.62. The number of hydrogen-bond acceptors (Lipinski definition) is 6. The zero-order chi connectivity index (χ0) is 30.8. The summed E-state index contributed by atoms with van der Waals surface area (Å²) in [5.74, 6) is -2.15. The third-order valence-corrected chi connectivity index (χ3v) is 8.64. The van der Waals surface area contributed by atoms with E-state index < -0.39 is 41.4 Å². The molecule has 2 atom stereocenters. The Morgan fingerprint density at radius 3 is 2.40 bits per heavy atom. The molecule has 0 unspecified atom stereocenters. The van der Waals surface area contributed by atoms with E-state index in [0.29, 0.717) is 11.4 Å². The maximum Gasteiger partial charge on any atom is 0.411 e. The molecule has 1 amide bonds. The number of likely N-dealkylation sites (tertiary alicyclic amines) is 1. The Balaban J connectivity index is 1.46. The molecule has 2 aromatic carbocycles. The number of carbonyl (C=O) groups is 2. The van der Waals surface area contributed by atoms with Gasteiger partial charge in [0.1, 0.15) is 23.5 Å². The number of rotatable bonds is 7. The van der Waals surface area contributed by atoms with Crippen LogP contribution in [0.15, 0.2) is 36.4 Å². The maximum absolute atomic E-state index is 15.0. The summed E-state index contributed by atoms with van der Waals surface area (Å²) in [4.78, 5) is 28.7. The van der Waals surface area contributed by atoms with Gasteiger partial charge in [0, 0.05) is 23.0 Å². The van der Waals surface area contributed by atoms with Crippen molar-refractivity contribution >= 4 is 23.7 Å². The molecule has 2 aliphatic rings. The summed E-state index contributed by atoms with van der Waals surface area (Å²) in [6.45, 7) is 5.24. The lowest BCUT2D eigenvalue weighted by atomic mass is 9.70. The van der Waals surface area contributed by atoms with E-state index >= 15 is 0 Å². The summed E-state index contributed by atoms with van der Waals surface area (Å²) in [6, 6.07) is 9.57. The van der Waals surface area contributed by atoms with Crippen molar-refractivity contribution in [3.8, 4) is 5.75 Å². The number of methoxy groups -OCH3 is 1. The Morgan fingerprint density at radius 1 is 1.12 bits per heavy atom.